The smallest absolute Gasteiger partial charge is 0.231 e. The molecule has 1 aliphatic rings. The number of amides is 1. The monoisotopic (exact) mass is 240 g/mol. The maximum Gasteiger partial charge on any atom is 0.231 e. The summed E-state index contributed by atoms with van der Waals surface area (Å²) in [5.41, 5.74) is 0.984. The molecule has 2 heterocycles. The minimum atomic E-state index is -0.547. The normalized spacial score (nSPS) is 21.9. The number of nitrogens with zero attached hydrogens (tertiary/aromatic N) is 2. The molecule has 1 atom stereocenters. The van der Waals surface area contributed by atoms with Crippen LogP contribution in [0.3, 0.4) is 0 Å². The van der Waals surface area contributed by atoms with E-state index in [0.29, 0.717) is 11.7 Å². The lowest BCUT2D eigenvalue weighted by atomic mass is 9.93. The number of carbonyl (C=O) groups is 1. The van der Waals surface area contributed by atoms with Crippen LogP contribution in [0.4, 0.5) is 5.13 Å². The van der Waals surface area contributed by atoms with E-state index >= 15 is 0 Å². The van der Waals surface area contributed by atoms with E-state index in [0.717, 1.165) is 5.69 Å². The van der Waals surface area contributed by atoms with Crippen LogP contribution in [0.25, 0.3) is 0 Å². The van der Waals surface area contributed by atoms with Crippen LogP contribution in [0.5, 0.6) is 0 Å². The van der Waals surface area contributed by atoms with Gasteiger partial charge in [-0.15, -0.1) is 11.3 Å². The number of aliphatic hydroxyl groups is 1. The molecule has 1 unspecified atom stereocenters. The van der Waals surface area contributed by atoms with Crippen molar-refractivity contribution in [2.45, 2.75) is 38.7 Å². The first-order valence-electron chi connectivity index (χ1n) is 5.32. The summed E-state index contributed by atoms with van der Waals surface area (Å²) in [5.74, 6) is -0.0395. The number of rotatable bonds is 1. The van der Waals surface area contributed by atoms with Crippen molar-refractivity contribution >= 4 is 22.4 Å². The predicted molar refractivity (Wildman–Crippen MR) is 63.8 cm³/mol. The van der Waals surface area contributed by atoms with E-state index in [1.54, 1.807) is 4.90 Å². The third-order valence-electron chi connectivity index (χ3n) is 2.60. The second kappa shape index (κ2) is 3.82. The van der Waals surface area contributed by atoms with Crippen molar-refractivity contribution in [1.82, 2.24) is 4.98 Å². The summed E-state index contributed by atoms with van der Waals surface area (Å²) in [7, 11) is 0. The molecule has 2 rings (SSSR count). The molecule has 0 bridgehead atoms. The largest absolute Gasteiger partial charge is 0.391 e. The number of aromatic nitrogens is 1. The highest BCUT2D eigenvalue weighted by Crippen LogP contribution is 2.30. The van der Waals surface area contributed by atoms with E-state index in [9.17, 15) is 9.90 Å². The molecule has 16 heavy (non-hydrogen) atoms. The fraction of sp³-hybridized carbons (Fsp3) is 0.636. The topological polar surface area (TPSA) is 53.4 Å². The summed E-state index contributed by atoms with van der Waals surface area (Å²) in [4.78, 5) is 17.6. The number of hydrogen-bond donors (Lipinski definition) is 1. The van der Waals surface area contributed by atoms with Gasteiger partial charge in [0.1, 0.15) is 0 Å². The molecule has 0 spiro atoms. The summed E-state index contributed by atoms with van der Waals surface area (Å²) < 4.78 is 0. The van der Waals surface area contributed by atoms with Crippen molar-refractivity contribution in [3.63, 3.8) is 0 Å². The number of hydrogen-bond acceptors (Lipinski definition) is 4. The lowest BCUT2D eigenvalue weighted by Gasteiger charge is -2.15. The van der Waals surface area contributed by atoms with E-state index in [4.69, 9.17) is 0 Å². The van der Waals surface area contributed by atoms with Gasteiger partial charge in [-0.25, -0.2) is 4.98 Å². The van der Waals surface area contributed by atoms with E-state index < -0.39 is 6.10 Å². The summed E-state index contributed by atoms with van der Waals surface area (Å²) in [6.45, 7) is 6.64. The van der Waals surface area contributed by atoms with Crippen LogP contribution in [0.2, 0.25) is 0 Å². The molecule has 1 fully saturated rings. The third kappa shape index (κ3) is 2.10. The molecular formula is C11H16N2O2S. The van der Waals surface area contributed by atoms with Gasteiger partial charge in [-0.2, -0.15) is 0 Å². The van der Waals surface area contributed by atoms with E-state index in [2.05, 4.69) is 25.8 Å². The highest BCUT2D eigenvalue weighted by Gasteiger charge is 2.31. The van der Waals surface area contributed by atoms with Crippen molar-refractivity contribution in [2.24, 2.45) is 0 Å². The molecule has 0 aliphatic carbocycles. The first kappa shape index (κ1) is 11.5. The molecule has 1 aliphatic heterocycles. The highest BCUT2D eigenvalue weighted by atomic mass is 32.1. The Bertz CT molecular complexity index is 408. The van der Waals surface area contributed by atoms with Crippen molar-refractivity contribution in [3.8, 4) is 0 Å². The van der Waals surface area contributed by atoms with Gasteiger partial charge in [-0.1, -0.05) is 20.8 Å². The van der Waals surface area contributed by atoms with Gasteiger partial charge in [-0.3, -0.25) is 9.69 Å². The van der Waals surface area contributed by atoms with Gasteiger partial charge < -0.3 is 5.11 Å². The number of thiazole rings is 1. The zero-order chi connectivity index (χ0) is 11.9. The Hall–Kier alpha value is -0.940. The van der Waals surface area contributed by atoms with Crippen LogP contribution in [-0.2, 0) is 10.2 Å². The Kier molecular flexibility index (Phi) is 2.75. The molecule has 4 nitrogen and oxygen atoms in total. The Labute approximate surface area is 98.9 Å². The summed E-state index contributed by atoms with van der Waals surface area (Å²) in [5, 5.41) is 12.1. The van der Waals surface area contributed by atoms with Gasteiger partial charge in [0, 0.05) is 10.8 Å². The van der Waals surface area contributed by atoms with Gasteiger partial charge >= 0.3 is 0 Å². The standard InChI is InChI=1S/C11H16N2O2S/c1-11(2,3)8-6-16-10(12-8)13-5-7(14)4-9(13)15/h6-7,14H,4-5H2,1-3H3. The molecule has 1 aromatic heterocycles. The lowest BCUT2D eigenvalue weighted by Crippen LogP contribution is -2.25. The quantitative estimate of drug-likeness (QED) is 0.810. The Morgan fingerprint density at radius 1 is 1.56 bits per heavy atom. The van der Waals surface area contributed by atoms with Gasteiger partial charge in [0.15, 0.2) is 5.13 Å². The average molecular weight is 240 g/mol. The minimum Gasteiger partial charge on any atom is -0.391 e. The van der Waals surface area contributed by atoms with Crippen LogP contribution in [-0.4, -0.2) is 28.6 Å². The summed E-state index contributed by atoms with van der Waals surface area (Å²) >= 11 is 1.46. The molecule has 0 radical (unpaired) electrons. The van der Waals surface area contributed by atoms with Crippen LogP contribution in [0, 0.1) is 0 Å². The molecule has 1 saturated heterocycles. The maximum absolute atomic E-state index is 11.6. The van der Waals surface area contributed by atoms with Crippen LogP contribution in [0.1, 0.15) is 32.9 Å². The second-order valence-electron chi connectivity index (χ2n) is 5.13. The SMILES string of the molecule is CC(C)(C)c1csc(N2CC(O)CC2=O)n1. The molecule has 5 heteroatoms. The van der Waals surface area contributed by atoms with Crippen LogP contribution >= 0.6 is 11.3 Å². The fourth-order valence-electron chi connectivity index (χ4n) is 1.61. The number of anilines is 1. The zero-order valence-corrected chi connectivity index (χ0v) is 10.5. The van der Waals surface area contributed by atoms with E-state index in [1.165, 1.54) is 11.3 Å². The number of β-amino-alcohol motifs (C(OH)–C–C–N with tert-alkyl or cyclic N) is 1. The maximum atomic E-state index is 11.6. The highest BCUT2D eigenvalue weighted by molar-refractivity contribution is 7.14. The Morgan fingerprint density at radius 2 is 2.25 bits per heavy atom. The van der Waals surface area contributed by atoms with Gasteiger partial charge in [0.2, 0.25) is 5.91 Å². The predicted octanol–water partition coefficient (Wildman–Crippen LogP) is 1.54. The molecule has 1 N–H and O–H groups in total. The van der Waals surface area contributed by atoms with Crippen molar-refractivity contribution in [1.29, 1.82) is 0 Å². The van der Waals surface area contributed by atoms with Crippen molar-refractivity contribution in [2.75, 3.05) is 11.4 Å². The van der Waals surface area contributed by atoms with Crippen molar-refractivity contribution in [3.05, 3.63) is 11.1 Å². The van der Waals surface area contributed by atoms with E-state index in [-0.39, 0.29) is 17.7 Å². The Balaban J connectivity index is 2.23. The fourth-order valence-corrected chi connectivity index (χ4v) is 2.68. The van der Waals surface area contributed by atoms with Crippen LogP contribution < -0.4 is 4.90 Å². The Morgan fingerprint density at radius 3 is 2.69 bits per heavy atom. The molecule has 0 saturated carbocycles. The molecule has 88 valence electrons. The zero-order valence-electron chi connectivity index (χ0n) is 9.73. The van der Waals surface area contributed by atoms with Gasteiger partial charge in [-0.05, 0) is 0 Å². The lowest BCUT2D eigenvalue weighted by molar-refractivity contribution is -0.117. The third-order valence-corrected chi connectivity index (χ3v) is 3.46. The minimum absolute atomic E-state index is 0.00383. The first-order chi connectivity index (χ1) is 7.38. The second-order valence-corrected chi connectivity index (χ2v) is 5.96. The van der Waals surface area contributed by atoms with Crippen LogP contribution in [0.15, 0.2) is 5.38 Å². The first-order valence-corrected chi connectivity index (χ1v) is 6.20. The molecule has 1 aromatic rings. The summed E-state index contributed by atoms with van der Waals surface area (Å²) in [6, 6.07) is 0. The number of aliphatic hydroxyl groups excluding tert-OH is 1. The average Bonchev–Trinajstić information content (AvgIpc) is 2.70. The van der Waals surface area contributed by atoms with Gasteiger partial charge in [0.25, 0.3) is 0 Å². The van der Waals surface area contributed by atoms with Gasteiger partial charge in [0.05, 0.1) is 24.8 Å². The summed E-state index contributed by atoms with van der Waals surface area (Å²) in [6.07, 6.45) is -0.334. The van der Waals surface area contributed by atoms with Crippen molar-refractivity contribution < 1.29 is 9.90 Å². The molecular weight excluding hydrogens is 224 g/mol. The molecule has 0 aromatic carbocycles. The van der Waals surface area contributed by atoms with E-state index in [1.807, 2.05) is 5.38 Å². The molecule has 1 amide bonds. The number of carbonyl (C=O) groups excluding carboxylic acids is 1.